The maximum absolute atomic E-state index is 6.10. The van der Waals surface area contributed by atoms with Crippen molar-refractivity contribution < 1.29 is 0 Å². The maximum Gasteiger partial charge on any atom is 0.0437 e. The number of hydrogen-bond donors (Lipinski definition) is 2. The molecule has 3 heteroatoms. The van der Waals surface area contributed by atoms with E-state index in [1.807, 2.05) is 18.2 Å². The molecule has 1 fully saturated rings. The third kappa shape index (κ3) is 2.94. The molecule has 0 aromatic heterocycles. The van der Waals surface area contributed by atoms with Crippen molar-refractivity contribution in [2.24, 2.45) is 0 Å². The van der Waals surface area contributed by atoms with Gasteiger partial charge in [0.1, 0.15) is 0 Å². The first-order valence-electron chi connectivity index (χ1n) is 5.50. The number of hydrazine groups is 1. The van der Waals surface area contributed by atoms with Crippen LogP contribution in [0.3, 0.4) is 0 Å². The molecule has 0 aliphatic carbocycles. The van der Waals surface area contributed by atoms with Crippen molar-refractivity contribution in [1.29, 1.82) is 0 Å². The number of rotatable bonds is 3. The monoisotopic (exact) mass is 224 g/mol. The molecule has 0 saturated carbocycles. The highest BCUT2D eigenvalue weighted by molar-refractivity contribution is 6.31. The summed E-state index contributed by atoms with van der Waals surface area (Å²) in [6, 6.07) is 9.25. The van der Waals surface area contributed by atoms with Gasteiger partial charge in [0, 0.05) is 17.1 Å². The average Bonchev–Trinajstić information content (AvgIpc) is 2.63. The smallest absolute Gasteiger partial charge is 0.0437 e. The fourth-order valence-electron chi connectivity index (χ4n) is 2.03. The zero-order valence-electron chi connectivity index (χ0n) is 8.96. The molecule has 1 aromatic carbocycles. The molecule has 1 heterocycles. The van der Waals surface area contributed by atoms with Gasteiger partial charge in [-0.15, -0.1) is 0 Å². The zero-order valence-corrected chi connectivity index (χ0v) is 9.72. The normalized spacial score (nSPS) is 25.7. The van der Waals surface area contributed by atoms with E-state index in [0.717, 1.165) is 17.9 Å². The summed E-state index contributed by atoms with van der Waals surface area (Å²) in [6.45, 7) is 2.20. The van der Waals surface area contributed by atoms with Gasteiger partial charge in [-0.1, -0.05) is 29.8 Å². The van der Waals surface area contributed by atoms with E-state index in [1.165, 1.54) is 12.0 Å². The molecule has 1 aliphatic rings. The van der Waals surface area contributed by atoms with E-state index in [9.17, 15) is 0 Å². The van der Waals surface area contributed by atoms with Gasteiger partial charge in [-0.2, -0.15) is 0 Å². The van der Waals surface area contributed by atoms with Crippen LogP contribution < -0.4 is 10.9 Å². The summed E-state index contributed by atoms with van der Waals surface area (Å²) in [6.07, 6.45) is 3.39. The van der Waals surface area contributed by atoms with Crippen LogP contribution in [0.5, 0.6) is 0 Å². The van der Waals surface area contributed by atoms with Crippen molar-refractivity contribution in [3.63, 3.8) is 0 Å². The first kappa shape index (κ1) is 10.9. The minimum atomic E-state index is 0.580. The van der Waals surface area contributed by atoms with Crippen LogP contribution in [0.2, 0.25) is 5.02 Å². The molecule has 2 rings (SSSR count). The van der Waals surface area contributed by atoms with Crippen LogP contribution in [0.1, 0.15) is 25.3 Å². The SMILES string of the molecule is CC1CC(CCc2ccccc2Cl)NN1. The van der Waals surface area contributed by atoms with E-state index in [2.05, 4.69) is 23.8 Å². The summed E-state index contributed by atoms with van der Waals surface area (Å²) >= 11 is 6.10. The lowest BCUT2D eigenvalue weighted by Gasteiger charge is -2.09. The van der Waals surface area contributed by atoms with Gasteiger partial charge in [-0.25, -0.2) is 0 Å². The first-order valence-corrected chi connectivity index (χ1v) is 5.88. The Morgan fingerprint density at radius 3 is 2.80 bits per heavy atom. The van der Waals surface area contributed by atoms with Crippen LogP contribution in [0, 0.1) is 0 Å². The number of hydrogen-bond acceptors (Lipinski definition) is 2. The lowest BCUT2D eigenvalue weighted by atomic mass is 10.0. The molecule has 1 saturated heterocycles. The Morgan fingerprint density at radius 2 is 2.13 bits per heavy atom. The fraction of sp³-hybridized carbons (Fsp3) is 0.500. The van der Waals surface area contributed by atoms with Crippen LogP contribution >= 0.6 is 11.6 Å². The van der Waals surface area contributed by atoms with E-state index in [0.29, 0.717) is 12.1 Å². The Hall–Kier alpha value is -0.570. The summed E-state index contributed by atoms with van der Waals surface area (Å²) in [7, 11) is 0. The molecule has 2 unspecified atom stereocenters. The van der Waals surface area contributed by atoms with Crippen molar-refractivity contribution in [2.45, 2.75) is 38.3 Å². The highest BCUT2D eigenvalue weighted by Gasteiger charge is 2.19. The molecular formula is C12H17ClN2. The highest BCUT2D eigenvalue weighted by atomic mass is 35.5. The van der Waals surface area contributed by atoms with Gasteiger partial charge in [0.25, 0.3) is 0 Å². The predicted octanol–water partition coefficient (Wildman–Crippen LogP) is 2.53. The van der Waals surface area contributed by atoms with Gasteiger partial charge < -0.3 is 0 Å². The van der Waals surface area contributed by atoms with Crippen molar-refractivity contribution in [1.82, 2.24) is 10.9 Å². The van der Waals surface area contributed by atoms with Crippen molar-refractivity contribution in [3.05, 3.63) is 34.9 Å². The molecule has 82 valence electrons. The molecule has 0 radical (unpaired) electrons. The largest absolute Gasteiger partial charge is 0.255 e. The molecule has 2 nitrogen and oxygen atoms in total. The van der Waals surface area contributed by atoms with Crippen LogP contribution in [0.25, 0.3) is 0 Å². The van der Waals surface area contributed by atoms with Crippen molar-refractivity contribution >= 4 is 11.6 Å². The van der Waals surface area contributed by atoms with Gasteiger partial charge in [-0.05, 0) is 37.8 Å². The number of halogens is 1. The Labute approximate surface area is 96.0 Å². The molecule has 2 atom stereocenters. The van der Waals surface area contributed by atoms with E-state index >= 15 is 0 Å². The molecule has 1 aromatic rings. The van der Waals surface area contributed by atoms with E-state index in [4.69, 9.17) is 11.6 Å². The molecule has 0 amide bonds. The van der Waals surface area contributed by atoms with Gasteiger partial charge in [0.15, 0.2) is 0 Å². The lowest BCUT2D eigenvalue weighted by Crippen LogP contribution is -2.32. The first-order chi connectivity index (χ1) is 7.25. The Balaban J connectivity index is 1.86. The number of benzene rings is 1. The van der Waals surface area contributed by atoms with Gasteiger partial charge in [0.2, 0.25) is 0 Å². The van der Waals surface area contributed by atoms with Gasteiger partial charge >= 0.3 is 0 Å². The quantitative estimate of drug-likeness (QED) is 0.825. The molecule has 0 bridgehead atoms. The standard InChI is InChI=1S/C12H17ClN2/c1-9-8-11(15-14-9)7-6-10-4-2-3-5-12(10)13/h2-5,9,11,14-15H,6-8H2,1H3. The van der Waals surface area contributed by atoms with Crippen LogP contribution in [-0.4, -0.2) is 12.1 Å². The average molecular weight is 225 g/mol. The predicted molar refractivity (Wildman–Crippen MR) is 63.9 cm³/mol. The summed E-state index contributed by atoms with van der Waals surface area (Å²) in [5.41, 5.74) is 7.79. The van der Waals surface area contributed by atoms with Crippen LogP contribution in [0.15, 0.2) is 24.3 Å². The summed E-state index contributed by atoms with van der Waals surface area (Å²) in [5, 5.41) is 0.886. The Morgan fingerprint density at radius 1 is 1.33 bits per heavy atom. The van der Waals surface area contributed by atoms with Crippen LogP contribution in [-0.2, 0) is 6.42 Å². The molecule has 0 spiro atoms. The topological polar surface area (TPSA) is 24.1 Å². The third-order valence-corrected chi connectivity index (χ3v) is 3.26. The molecule has 15 heavy (non-hydrogen) atoms. The highest BCUT2D eigenvalue weighted by Crippen LogP contribution is 2.18. The van der Waals surface area contributed by atoms with E-state index in [1.54, 1.807) is 0 Å². The second kappa shape index (κ2) is 4.97. The summed E-state index contributed by atoms with van der Waals surface area (Å²) in [5.74, 6) is 0. The lowest BCUT2D eigenvalue weighted by molar-refractivity contribution is 0.518. The third-order valence-electron chi connectivity index (χ3n) is 2.89. The second-order valence-electron chi connectivity index (χ2n) is 4.25. The van der Waals surface area contributed by atoms with Crippen molar-refractivity contribution in [2.75, 3.05) is 0 Å². The number of nitrogens with one attached hydrogen (secondary N) is 2. The minimum Gasteiger partial charge on any atom is -0.255 e. The molecule has 1 aliphatic heterocycles. The van der Waals surface area contributed by atoms with E-state index in [-0.39, 0.29) is 0 Å². The maximum atomic E-state index is 6.10. The van der Waals surface area contributed by atoms with Gasteiger partial charge in [0.05, 0.1) is 0 Å². The zero-order chi connectivity index (χ0) is 10.7. The Kier molecular flexibility index (Phi) is 3.62. The summed E-state index contributed by atoms with van der Waals surface area (Å²) < 4.78 is 0. The van der Waals surface area contributed by atoms with E-state index < -0.39 is 0 Å². The minimum absolute atomic E-state index is 0.580. The molecular weight excluding hydrogens is 208 g/mol. The fourth-order valence-corrected chi connectivity index (χ4v) is 2.26. The van der Waals surface area contributed by atoms with Gasteiger partial charge in [-0.3, -0.25) is 10.9 Å². The van der Waals surface area contributed by atoms with Crippen molar-refractivity contribution in [3.8, 4) is 0 Å². The molecule has 2 N–H and O–H groups in total. The van der Waals surface area contributed by atoms with Crippen LogP contribution in [0.4, 0.5) is 0 Å². The number of aryl methyl sites for hydroxylation is 1. The Bertz CT molecular complexity index is 327. The summed E-state index contributed by atoms with van der Waals surface area (Å²) in [4.78, 5) is 0. The second-order valence-corrected chi connectivity index (χ2v) is 4.66.